The molecule has 22 heteroatoms. The van der Waals surface area contributed by atoms with Gasteiger partial charge >= 0.3 is 19.9 Å². The highest BCUT2D eigenvalue weighted by Crippen LogP contribution is 2.50. The highest BCUT2D eigenvalue weighted by Gasteiger charge is 2.38. The third kappa shape index (κ3) is 9.07. The van der Waals surface area contributed by atoms with E-state index in [0.29, 0.717) is 23.5 Å². The molecule has 0 bridgehead atoms. The number of nitrogens with one attached hydrogen (secondary N) is 1. The van der Waals surface area contributed by atoms with Crippen molar-refractivity contribution in [3.63, 3.8) is 0 Å². The lowest BCUT2D eigenvalue weighted by atomic mass is 10.1. The molecule has 0 atom stereocenters. The molecule has 0 fully saturated rings. The van der Waals surface area contributed by atoms with Gasteiger partial charge in [-0.05, 0) is 59.4 Å². The average molecular weight is 765 g/mol. The first-order valence-corrected chi connectivity index (χ1v) is 17.4. The monoisotopic (exact) mass is 764 g/mol. The van der Waals surface area contributed by atoms with Crippen LogP contribution >= 0.6 is 30.5 Å². The van der Waals surface area contributed by atoms with Crippen molar-refractivity contribution in [3.8, 4) is 29.4 Å². The zero-order valence-electron chi connectivity index (χ0n) is 23.9. The number of hydrogen-bond acceptors (Lipinski definition) is 10. The van der Waals surface area contributed by atoms with Crippen molar-refractivity contribution in [3.05, 3.63) is 92.3 Å². The van der Waals surface area contributed by atoms with E-state index >= 15 is 0 Å². The van der Waals surface area contributed by atoms with Crippen molar-refractivity contribution >= 4 is 50.6 Å². The summed E-state index contributed by atoms with van der Waals surface area (Å²) >= 11 is 6.94. The molecule has 0 aliphatic heterocycles. The van der Waals surface area contributed by atoms with Crippen molar-refractivity contribution in [2.45, 2.75) is 16.6 Å². The molecule has 1 heterocycles. The maximum atomic E-state index is 14.0. The number of azide groups is 1. The zero-order chi connectivity index (χ0) is 36.2. The zero-order valence-corrected chi connectivity index (χ0v) is 27.2. The van der Waals surface area contributed by atoms with E-state index in [1.807, 2.05) is 4.72 Å². The number of alkyl halides is 6. The summed E-state index contributed by atoms with van der Waals surface area (Å²) in [5.41, 5.74) is 3.66. The van der Waals surface area contributed by atoms with Gasteiger partial charge in [0.15, 0.2) is 0 Å². The van der Waals surface area contributed by atoms with Gasteiger partial charge in [-0.1, -0.05) is 16.7 Å². The lowest BCUT2D eigenvalue weighted by Crippen LogP contribution is -2.26. The first-order valence-electron chi connectivity index (χ1n) is 13.0. The van der Waals surface area contributed by atoms with E-state index in [4.69, 9.17) is 41.4 Å². The topological polar surface area (TPSA) is 187 Å². The van der Waals surface area contributed by atoms with Gasteiger partial charge in [0.05, 0.1) is 57.3 Å². The predicted molar refractivity (Wildman–Crippen MR) is 163 cm³/mol. The van der Waals surface area contributed by atoms with Gasteiger partial charge in [0.25, 0.3) is 10.0 Å². The summed E-state index contributed by atoms with van der Waals surface area (Å²) in [7, 11) is -9.75. The molecule has 1 aromatic heterocycles. The van der Waals surface area contributed by atoms with Gasteiger partial charge in [-0.3, -0.25) is 0 Å². The van der Waals surface area contributed by atoms with E-state index < -0.39 is 74.2 Å². The van der Waals surface area contributed by atoms with E-state index in [2.05, 4.69) is 10.0 Å². The van der Waals surface area contributed by atoms with Crippen LogP contribution < -0.4 is 18.5 Å². The molecule has 0 saturated heterocycles. The second-order valence-corrected chi connectivity index (χ2v) is 14.8. The minimum atomic E-state index is -5.11. The van der Waals surface area contributed by atoms with Gasteiger partial charge < -0.3 is 13.8 Å². The fraction of sp³-hybridized carbons (Fsp3) is 0.185. The molecule has 4 aromatic rings. The Kier molecular flexibility index (Phi) is 10.9. The minimum Gasteiger partial charge on any atom is -0.493 e. The Morgan fingerprint density at radius 3 is 1.96 bits per heavy atom. The van der Waals surface area contributed by atoms with E-state index in [9.17, 15) is 39.3 Å². The molecule has 3 aromatic carbocycles. The molecule has 0 radical (unpaired) electrons. The normalized spacial score (nSPS) is 12.1. The van der Waals surface area contributed by atoms with Gasteiger partial charge in [0.2, 0.25) is 0 Å². The van der Waals surface area contributed by atoms with E-state index in [1.165, 1.54) is 24.3 Å². The van der Waals surface area contributed by atoms with Gasteiger partial charge in [0.1, 0.15) is 27.7 Å². The standard InChI is InChI=1S/C27H16ClF6N6O6PS2/c28-23-11-20(44-6-5-38-40-37)7-17-8-24(48-25(17)23)49(42,43)39-14-47(41,45-18-3-1-15(12-35)21(9-18)26(29,30)31)46-19-4-2-16(13-36)22(10-19)27(32,33)34/h1-4,7-11,39H,5-6,14H2. The Morgan fingerprint density at radius 2 is 1.47 bits per heavy atom. The lowest BCUT2D eigenvalue weighted by Gasteiger charge is -2.22. The van der Waals surface area contributed by atoms with Crippen LogP contribution in [0.5, 0.6) is 17.2 Å². The third-order valence-electron chi connectivity index (χ3n) is 6.08. The van der Waals surface area contributed by atoms with Crippen LogP contribution in [0.15, 0.2) is 63.9 Å². The van der Waals surface area contributed by atoms with Crippen molar-refractivity contribution in [1.29, 1.82) is 10.5 Å². The first kappa shape index (κ1) is 37.1. The minimum absolute atomic E-state index is 0.0104. The number of nitrogens with zero attached hydrogens (tertiary/aromatic N) is 5. The highest BCUT2D eigenvalue weighted by atomic mass is 35.5. The number of rotatable bonds is 12. The summed E-state index contributed by atoms with van der Waals surface area (Å²) in [6.07, 6.45) is -11.5. The third-order valence-corrected chi connectivity index (χ3v) is 11.3. The number of halogens is 7. The van der Waals surface area contributed by atoms with Gasteiger partial charge in [-0.15, -0.1) is 11.3 Å². The smallest absolute Gasteiger partial charge is 0.445 e. The largest absolute Gasteiger partial charge is 0.493 e. The van der Waals surface area contributed by atoms with Crippen molar-refractivity contribution in [2.75, 3.05) is 19.4 Å². The van der Waals surface area contributed by atoms with Gasteiger partial charge in [-0.2, -0.15) is 41.6 Å². The number of nitriles is 2. The molecule has 0 spiro atoms. The Balaban J connectivity index is 1.70. The number of benzene rings is 3. The average Bonchev–Trinajstić information content (AvgIpc) is 3.47. The van der Waals surface area contributed by atoms with E-state index in [0.717, 1.165) is 18.2 Å². The van der Waals surface area contributed by atoms with Crippen LogP contribution in [-0.4, -0.2) is 27.9 Å². The molecular formula is C27H16ClF6N6O6PS2. The molecule has 12 nitrogen and oxygen atoms in total. The summed E-state index contributed by atoms with van der Waals surface area (Å²) < 4.78 is 140. The van der Waals surface area contributed by atoms with Gasteiger partial charge in [0, 0.05) is 11.0 Å². The van der Waals surface area contributed by atoms with Crippen molar-refractivity contribution < 1.29 is 53.1 Å². The van der Waals surface area contributed by atoms with Crippen LogP contribution in [0, 0.1) is 22.7 Å². The van der Waals surface area contributed by atoms with E-state index in [1.54, 1.807) is 0 Å². The number of fused-ring (bicyclic) bond motifs is 1. The molecule has 256 valence electrons. The SMILES string of the molecule is N#Cc1ccc(OP(=O)(CNS(=O)(=O)c2cc3cc(OCCN=[N+]=[N-])cc(Cl)c3s2)Oc2ccc(C#N)c(C(F)(F)F)c2)cc1C(F)(F)F. The molecule has 4 rings (SSSR count). The Hall–Kier alpha value is -4.68. The summed E-state index contributed by atoms with van der Waals surface area (Å²) in [6, 6.07) is 10.1. The molecular weight excluding hydrogens is 749 g/mol. The number of thiophene rings is 1. The van der Waals surface area contributed by atoms with Crippen LogP contribution in [0.3, 0.4) is 0 Å². The Labute approximate surface area is 281 Å². The molecule has 0 aliphatic carbocycles. The summed E-state index contributed by atoms with van der Waals surface area (Å²) in [6.45, 7) is -0.0328. The van der Waals surface area contributed by atoms with Crippen LogP contribution in [0.2, 0.25) is 5.02 Å². The molecule has 49 heavy (non-hydrogen) atoms. The first-order chi connectivity index (χ1) is 22.9. The summed E-state index contributed by atoms with van der Waals surface area (Å²) in [5.74, 6) is -1.46. The second kappa shape index (κ2) is 14.4. The Morgan fingerprint density at radius 1 is 0.918 bits per heavy atom. The number of ether oxygens (including phenoxy) is 1. The second-order valence-electron chi connectivity index (χ2n) is 9.43. The fourth-order valence-electron chi connectivity index (χ4n) is 3.99. The summed E-state index contributed by atoms with van der Waals surface area (Å²) in [5, 5.41) is 21.8. The maximum absolute atomic E-state index is 14.0. The highest BCUT2D eigenvalue weighted by molar-refractivity contribution is 7.92. The maximum Gasteiger partial charge on any atom is 0.445 e. The van der Waals surface area contributed by atoms with E-state index in [-0.39, 0.29) is 46.1 Å². The Bertz CT molecular complexity index is 2130. The number of hydrogen-bond donors (Lipinski definition) is 1. The predicted octanol–water partition coefficient (Wildman–Crippen LogP) is 8.61. The van der Waals surface area contributed by atoms with Crippen molar-refractivity contribution in [2.24, 2.45) is 5.11 Å². The van der Waals surface area contributed by atoms with Crippen molar-refractivity contribution in [1.82, 2.24) is 4.72 Å². The summed E-state index contributed by atoms with van der Waals surface area (Å²) in [4.78, 5) is 2.58. The van der Waals surface area contributed by atoms with Crippen LogP contribution in [0.1, 0.15) is 22.3 Å². The molecule has 0 amide bonds. The quantitative estimate of drug-likeness (QED) is 0.0371. The number of sulfonamides is 1. The van der Waals surface area contributed by atoms with Crippen LogP contribution in [-0.2, 0) is 26.9 Å². The molecule has 0 saturated carbocycles. The van der Waals surface area contributed by atoms with Crippen LogP contribution in [0.4, 0.5) is 26.3 Å². The van der Waals surface area contributed by atoms with Gasteiger partial charge in [-0.25, -0.2) is 13.0 Å². The fourth-order valence-corrected chi connectivity index (χ4v) is 8.74. The molecule has 0 aliphatic rings. The lowest BCUT2D eigenvalue weighted by molar-refractivity contribution is -0.138. The molecule has 0 unspecified atom stereocenters. The van der Waals surface area contributed by atoms with Crippen LogP contribution in [0.25, 0.3) is 20.5 Å². The molecule has 1 N–H and O–H groups in total.